The van der Waals surface area contributed by atoms with Gasteiger partial charge in [-0.25, -0.2) is 8.42 Å². The van der Waals surface area contributed by atoms with E-state index in [2.05, 4.69) is 11.9 Å². The molecule has 10 heteroatoms. The molecule has 0 aliphatic carbocycles. The number of benzene rings is 1. The highest BCUT2D eigenvalue weighted by atomic mass is 35.5. The third kappa shape index (κ3) is 4.98. The topological polar surface area (TPSA) is 70.2 Å². The zero-order chi connectivity index (χ0) is 19.6. The van der Waals surface area contributed by atoms with Gasteiger partial charge in [0.15, 0.2) is 0 Å². The highest BCUT2D eigenvalue weighted by molar-refractivity contribution is 7.89. The lowest BCUT2D eigenvalue weighted by molar-refractivity contribution is -0.0000192. The summed E-state index contributed by atoms with van der Waals surface area (Å²) in [7, 11) is 0.151. The van der Waals surface area contributed by atoms with Crippen molar-refractivity contribution in [2.45, 2.75) is 23.8 Å². The fraction of sp³-hybridized carbons (Fsp3) is 0.611. The molecule has 158 valence electrons. The summed E-state index contributed by atoms with van der Waals surface area (Å²) >= 11 is 6.25. The van der Waals surface area contributed by atoms with Crippen LogP contribution >= 0.6 is 11.6 Å². The predicted molar refractivity (Wildman–Crippen MR) is 104 cm³/mol. The summed E-state index contributed by atoms with van der Waals surface area (Å²) in [6, 6.07) is 4.48. The molecule has 0 atom stereocenters. The first kappa shape index (κ1) is 23.4. The molecule has 2 saturated heterocycles. The third-order valence-electron chi connectivity index (χ3n) is 5.33. The van der Waals surface area contributed by atoms with Crippen molar-refractivity contribution in [1.82, 2.24) is 14.1 Å². The molecular weight excluding hydrogens is 425 g/mol. The third-order valence-corrected chi connectivity index (χ3v) is 7.56. The van der Waals surface area contributed by atoms with Crippen molar-refractivity contribution < 1.29 is 30.4 Å². The molecule has 0 aromatic heterocycles. The Morgan fingerprint density at radius 2 is 1.79 bits per heavy atom. The molecule has 0 saturated carbocycles. The standard InChI is InChI=1S/C18H26ClN3O4S.ClH/c1-20-7-5-14(6-8-20)21(2)18(23)16-13-15(3-4-17(16)19)27(24,25)22-9-11-26-12-10-22;/h3-4,13-14H,5-12H2,1-2H3;1H/p-1. The van der Waals surface area contributed by atoms with E-state index in [-0.39, 0.29) is 39.8 Å². The minimum Gasteiger partial charge on any atom is -1.00 e. The van der Waals surface area contributed by atoms with E-state index in [4.69, 9.17) is 16.3 Å². The Morgan fingerprint density at radius 3 is 2.39 bits per heavy atom. The van der Waals surface area contributed by atoms with Crippen LogP contribution in [0.15, 0.2) is 23.1 Å². The molecule has 0 N–H and O–H groups in total. The molecule has 0 bridgehead atoms. The van der Waals surface area contributed by atoms with E-state index in [0.29, 0.717) is 26.3 Å². The van der Waals surface area contributed by atoms with Crippen LogP contribution < -0.4 is 12.4 Å². The number of ether oxygens (including phenoxy) is 1. The van der Waals surface area contributed by atoms with E-state index in [9.17, 15) is 13.2 Å². The maximum absolute atomic E-state index is 13.0. The van der Waals surface area contributed by atoms with Crippen molar-refractivity contribution in [1.29, 1.82) is 0 Å². The van der Waals surface area contributed by atoms with Gasteiger partial charge in [0.1, 0.15) is 0 Å². The number of sulfonamides is 1. The van der Waals surface area contributed by atoms with Crippen LogP contribution in [0.5, 0.6) is 0 Å². The Labute approximate surface area is 178 Å². The summed E-state index contributed by atoms with van der Waals surface area (Å²) in [4.78, 5) is 17.0. The van der Waals surface area contributed by atoms with Crippen LogP contribution in [0.1, 0.15) is 23.2 Å². The second-order valence-corrected chi connectivity index (χ2v) is 9.45. The van der Waals surface area contributed by atoms with Gasteiger partial charge in [-0.1, -0.05) is 11.6 Å². The van der Waals surface area contributed by atoms with E-state index in [1.807, 2.05) is 0 Å². The fourth-order valence-electron chi connectivity index (χ4n) is 3.50. The zero-order valence-corrected chi connectivity index (χ0v) is 18.4. The molecule has 0 spiro atoms. The van der Waals surface area contributed by atoms with Gasteiger partial charge >= 0.3 is 0 Å². The number of amides is 1. The van der Waals surface area contributed by atoms with Crippen LogP contribution in [0, 0.1) is 0 Å². The van der Waals surface area contributed by atoms with Crippen LogP contribution in [0.2, 0.25) is 5.02 Å². The van der Waals surface area contributed by atoms with Gasteiger partial charge in [-0.3, -0.25) is 4.79 Å². The molecule has 7 nitrogen and oxygen atoms in total. The smallest absolute Gasteiger partial charge is 0.255 e. The number of carbonyl (C=O) groups excluding carboxylic acids is 1. The van der Waals surface area contributed by atoms with Gasteiger partial charge in [0, 0.05) is 26.2 Å². The SMILES string of the molecule is CN1CCC(N(C)C(=O)c2cc(S(=O)(=O)N3CCOCC3)ccc2Cl)CC1.[Cl-]. The van der Waals surface area contributed by atoms with E-state index in [0.717, 1.165) is 25.9 Å². The maximum atomic E-state index is 13.0. The summed E-state index contributed by atoms with van der Waals surface area (Å²) in [5.74, 6) is -0.242. The number of likely N-dealkylation sites (tertiary alicyclic amines) is 1. The fourth-order valence-corrected chi connectivity index (χ4v) is 5.14. The van der Waals surface area contributed by atoms with Crippen LogP contribution in [0.3, 0.4) is 0 Å². The number of piperidine rings is 1. The van der Waals surface area contributed by atoms with Crippen molar-refractivity contribution in [3.63, 3.8) is 0 Å². The van der Waals surface area contributed by atoms with Gasteiger partial charge in [0.2, 0.25) is 10.0 Å². The molecule has 28 heavy (non-hydrogen) atoms. The van der Waals surface area contributed by atoms with Crippen molar-refractivity contribution in [3.8, 4) is 0 Å². The van der Waals surface area contributed by atoms with Gasteiger partial charge in [-0.15, -0.1) is 0 Å². The van der Waals surface area contributed by atoms with Crippen LogP contribution in [0.25, 0.3) is 0 Å². The summed E-state index contributed by atoms with van der Waals surface area (Å²) in [5.41, 5.74) is 0.229. The Morgan fingerprint density at radius 1 is 1.18 bits per heavy atom. The Bertz CT molecular complexity index is 792. The highest BCUT2D eigenvalue weighted by Crippen LogP contribution is 2.26. The van der Waals surface area contributed by atoms with E-state index in [1.54, 1.807) is 11.9 Å². The second-order valence-electron chi connectivity index (χ2n) is 7.11. The number of carbonyl (C=O) groups is 1. The van der Waals surface area contributed by atoms with E-state index < -0.39 is 10.0 Å². The Kier molecular flexibility index (Phi) is 8.13. The molecule has 2 aliphatic rings. The monoisotopic (exact) mass is 450 g/mol. The summed E-state index contributed by atoms with van der Waals surface area (Å²) in [6.45, 7) is 3.23. The number of hydrogen-bond acceptors (Lipinski definition) is 5. The Balaban J connectivity index is 0.00000280. The van der Waals surface area contributed by atoms with Gasteiger partial charge < -0.3 is 26.9 Å². The minimum atomic E-state index is -3.68. The lowest BCUT2D eigenvalue weighted by Gasteiger charge is -2.35. The first-order chi connectivity index (χ1) is 12.8. The van der Waals surface area contributed by atoms with Crippen LogP contribution in [-0.2, 0) is 14.8 Å². The largest absolute Gasteiger partial charge is 1.00 e. The number of rotatable bonds is 4. The number of halogens is 2. The van der Waals surface area contributed by atoms with Crippen molar-refractivity contribution in [2.75, 3.05) is 53.5 Å². The summed E-state index contributed by atoms with van der Waals surface area (Å²) < 4.78 is 32.4. The van der Waals surface area contributed by atoms with Crippen molar-refractivity contribution in [2.24, 2.45) is 0 Å². The van der Waals surface area contributed by atoms with Crippen LogP contribution in [-0.4, -0.2) is 88.0 Å². The van der Waals surface area contributed by atoms with Gasteiger partial charge in [-0.05, 0) is 51.2 Å². The van der Waals surface area contributed by atoms with Crippen molar-refractivity contribution >= 4 is 27.5 Å². The molecule has 1 amide bonds. The van der Waals surface area contributed by atoms with Crippen molar-refractivity contribution in [3.05, 3.63) is 28.8 Å². The summed E-state index contributed by atoms with van der Waals surface area (Å²) in [6.07, 6.45) is 1.78. The molecule has 0 unspecified atom stereocenters. The van der Waals surface area contributed by atoms with Gasteiger partial charge in [0.05, 0.1) is 28.7 Å². The highest BCUT2D eigenvalue weighted by Gasteiger charge is 2.30. The second kappa shape index (κ2) is 9.73. The molecule has 2 aliphatic heterocycles. The number of nitrogens with zero attached hydrogens (tertiary/aromatic N) is 3. The van der Waals surface area contributed by atoms with Crippen LogP contribution in [0.4, 0.5) is 0 Å². The lowest BCUT2D eigenvalue weighted by Crippen LogP contribution is -3.00. The average Bonchev–Trinajstić information content (AvgIpc) is 2.68. The Hall–Kier alpha value is -0.900. The molecule has 2 fully saturated rings. The lowest BCUT2D eigenvalue weighted by atomic mass is 10.0. The number of morpholine rings is 1. The molecule has 3 rings (SSSR count). The maximum Gasteiger partial charge on any atom is 0.255 e. The minimum absolute atomic E-state index is 0. The molecule has 2 heterocycles. The quantitative estimate of drug-likeness (QED) is 0.560. The predicted octanol–water partition coefficient (Wildman–Crippen LogP) is -1.47. The molecule has 0 radical (unpaired) electrons. The summed E-state index contributed by atoms with van der Waals surface area (Å²) in [5, 5.41) is 0.265. The average molecular weight is 451 g/mol. The van der Waals surface area contributed by atoms with Gasteiger partial charge in [-0.2, -0.15) is 4.31 Å². The normalized spacial score (nSPS) is 19.8. The first-order valence-electron chi connectivity index (χ1n) is 9.14. The van der Waals surface area contributed by atoms with Gasteiger partial charge in [0.25, 0.3) is 5.91 Å². The number of hydrogen-bond donors (Lipinski definition) is 0. The van der Waals surface area contributed by atoms with E-state index in [1.165, 1.54) is 22.5 Å². The molecular formula is C18H26Cl2N3O4S-. The zero-order valence-electron chi connectivity index (χ0n) is 16.1. The molecule has 1 aromatic rings. The molecule has 1 aromatic carbocycles. The van der Waals surface area contributed by atoms with E-state index >= 15 is 0 Å². The first-order valence-corrected chi connectivity index (χ1v) is 11.0.